The highest BCUT2D eigenvalue weighted by atomic mass is 35.5. The number of rotatable bonds is 5. The second kappa shape index (κ2) is 6.10. The first-order valence-corrected chi connectivity index (χ1v) is 7.97. The molecule has 0 amide bonds. The average Bonchev–Trinajstić information content (AvgIpc) is 2.91. The van der Waals surface area contributed by atoms with E-state index in [1.807, 2.05) is 26.8 Å². The fourth-order valence-electron chi connectivity index (χ4n) is 2.36. The normalized spacial score (nSPS) is 12.7. The summed E-state index contributed by atoms with van der Waals surface area (Å²) >= 11 is 7.57. The number of alkyl halides is 1. The van der Waals surface area contributed by atoms with E-state index in [-0.39, 0.29) is 5.78 Å². The molecule has 2 aromatic rings. The SMILES string of the molecule is Cc1nc(CCn2c(C)cc(C(=O)C(C)Cl)c2C)cs1. The number of Topliss-reactive ketones (excluding diaryl/α,β-unsaturated/α-hetero) is 1. The van der Waals surface area contributed by atoms with Crippen molar-refractivity contribution in [2.45, 2.75) is 46.0 Å². The Morgan fingerprint density at radius 3 is 2.70 bits per heavy atom. The third-order valence-electron chi connectivity index (χ3n) is 3.46. The summed E-state index contributed by atoms with van der Waals surface area (Å²) < 4.78 is 2.17. The number of hydrogen-bond acceptors (Lipinski definition) is 3. The number of hydrogen-bond donors (Lipinski definition) is 0. The molecule has 2 rings (SSSR count). The number of aryl methyl sites for hydroxylation is 3. The predicted octanol–water partition coefficient (Wildman–Crippen LogP) is 3.92. The van der Waals surface area contributed by atoms with Crippen molar-refractivity contribution in [2.75, 3.05) is 0 Å². The predicted molar refractivity (Wildman–Crippen MR) is 84.1 cm³/mol. The molecule has 20 heavy (non-hydrogen) atoms. The Kier molecular flexibility index (Phi) is 4.66. The number of aromatic nitrogens is 2. The number of carbonyl (C=O) groups excluding carboxylic acids is 1. The van der Waals surface area contributed by atoms with Gasteiger partial charge in [0, 0.05) is 35.3 Å². The molecule has 0 saturated heterocycles. The van der Waals surface area contributed by atoms with E-state index in [4.69, 9.17) is 11.6 Å². The lowest BCUT2D eigenvalue weighted by Crippen LogP contribution is -2.12. The van der Waals surface area contributed by atoms with Gasteiger partial charge in [0.2, 0.25) is 0 Å². The number of thiazole rings is 1. The topological polar surface area (TPSA) is 34.9 Å². The van der Waals surface area contributed by atoms with Gasteiger partial charge in [-0.05, 0) is 33.8 Å². The molecule has 1 unspecified atom stereocenters. The van der Waals surface area contributed by atoms with E-state index >= 15 is 0 Å². The van der Waals surface area contributed by atoms with Gasteiger partial charge < -0.3 is 4.57 Å². The summed E-state index contributed by atoms with van der Waals surface area (Å²) in [6.07, 6.45) is 0.880. The zero-order chi connectivity index (χ0) is 14.9. The summed E-state index contributed by atoms with van der Waals surface area (Å²) in [6, 6.07) is 1.93. The van der Waals surface area contributed by atoms with E-state index in [0.29, 0.717) is 0 Å². The molecule has 0 aliphatic carbocycles. The lowest BCUT2D eigenvalue weighted by atomic mass is 10.1. The Morgan fingerprint density at radius 2 is 2.15 bits per heavy atom. The number of ketones is 1. The lowest BCUT2D eigenvalue weighted by molar-refractivity contribution is 0.0991. The van der Waals surface area contributed by atoms with Crippen LogP contribution >= 0.6 is 22.9 Å². The Labute approximate surface area is 128 Å². The molecule has 0 spiro atoms. The van der Waals surface area contributed by atoms with Crippen molar-refractivity contribution in [2.24, 2.45) is 0 Å². The first-order chi connectivity index (χ1) is 9.40. The Morgan fingerprint density at radius 1 is 1.45 bits per heavy atom. The van der Waals surface area contributed by atoms with Crippen LogP contribution in [-0.2, 0) is 13.0 Å². The highest BCUT2D eigenvalue weighted by Gasteiger charge is 2.19. The van der Waals surface area contributed by atoms with Gasteiger partial charge in [0.25, 0.3) is 0 Å². The van der Waals surface area contributed by atoms with Crippen molar-refractivity contribution < 1.29 is 4.79 Å². The molecule has 0 aliphatic rings. The minimum absolute atomic E-state index is 0.00415. The summed E-state index contributed by atoms with van der Waals surface area (Å²) in [5, 5.41) is 2.70. The van der Waals surface area contributed by atoms with Crippen LogP contribution in [0.2, 0.25) is 0 Å². The van der Waals surface area contributed by atoms with Crippen molar-refractivity contribution in [3.8, 4) is 0 Å². The van der Waals surface area contributed by atoms with Crippen LogP contribution in [0.3, 0.4) is 0 Å². The fourth-order valence-corrected chi connectivity index (χ4v) is 3.12. The first-order valence-electron chi connectivity index (χ1n) is 6.66. The van der Waals surface area contributed by atoms with Gasteiger partial charge in [0.15, 0.2) is 5.78 Å². The minimum atomic E-state index is -0.481. The molecule has 0 N–H and O–H groups in total. The lowest BCUT2D eigenvalue weighted by Gasteiger charge is -2.09. The van der Waals surface area contributed by atoms with E-state index in [1.54, 1.807) is 18.3 Å². The fraction of sp³-hybridized carbons (Fsp3) is 0.467. The minimum Gasteiger partial charge on any atom is -0.348 e. The van der Waals surface area contributed by atoms with Crippen LogP contribution in [0.25, 0.3) is 0 Å². The van der Waals surface area contributed by atoms with E-state index < -0.39 is 5.38 Å². The van der Waals surface area contributed by atoms with Crippen LogP contribution in [0.1, 0.15) is 39.4 Å². The summed E-state index contributed by atoms with van der Waals surface area (Å²) in [5.74, 6) is -0.00415. The molecule has 108 valence electrons. The van der Waals surface area contributed by atoms with Gasteiger partial charge in [-0.2, -0.15) is 0 Å². The van der Waals surface area contributed by atoms with Crippen LogP contribution in [0.15, 0.2) is 11.4 Å². The maximum atomic E-state index is 12.1. The van der Waals surface area contributed by atoms with E-state index in [0.717, 1.165) is 40.6 Å². The van der Waals surface area contributed by atoms with Crippen LogP contribution in [0.4, 0.5) is 0 Å². The van der Waals surface area contributed by atoms with E-state index in [2.05, 4.69) is 14.9 Å². The zero-order valence-corrected chi connectivity index (χ0v) is 13.8. The first kappa shape index (κ1) is 15.3. The third kappa shape index (κ3) is 3.13. The van der Waals surface area contributed by atoms with Gasteiger partial charge in [-0.15, -0.1) is 22.9 Å². The molecule has 0 aromatic carbocycles. The highest BCUT2D eigenvalue weighted by molar-refractivity contribution is 7.09. The van der Waals surface area contributed by atoms with Gasteiger partial charge in [-0.3, -0.25) is 4.79 Å². The molecule has 0 aliphatic heterocycles. The summed E-state index contributed by atoms with van der Waals surface area (Å²) in [6.45, 7) is 8.57. The molecular formula is C15H19ClN2OS. The van der Waals surface area contributed by atoms with Crippen molar-refractivity contribution in [1.29, 1.82) is 0 Å². The maximum Gasteiger partial charge on any atom is 0.182 e. The van der Waals surface area contributed by atoms with Crippen LogP contribution in [0, 0.1) is 20.8 Å². The number of nitrogens with zero attached hydrogens (tertiary/aromatic N) is 2. The molecule has 2 aromatic heterocycles. The molecule has 2 heterocycles. The highest BCUT2D eigenvalue weighted by Crippen LogP contribution is 2.19. The smallest absolute Gasteiger partial charge is 0.182 e. The summed E-state index contributed by atoms with van der Waals surface area (Å²) in [7, 11) is 0. The van der Waals surface area contributed by atoms with Gasteiger partial charge in [0.05, 0.1) is 16.1 Å². The van der Waals surface area contributed by atoms with Crippen molar-refractivity contribution >= 4 is 28.7 Å². The second-order valence-electron chi connectivity index (χ2n) is 5.02. The summed E-state index contributed by atoms with van der Waals surface area (Å²) in [5.41, 5.74) is 3.93. The Balaban J connectivity index is 2.18. The van der Waals surface area contributed by atoms with Gasteiger partial charge >= 0.3 is 0 Å². The van der Waals surface area contributed by atoms with Crippen molar-refractivity contribution in [3.05, 3.63) is 39.1 Å². The van der Waals surface area contributed by atoms with Crippen molar-refractivity contribution in [1.82, 2.24) is 9.55 Å². The van der Waals surface area contributed by atoms with Gasteiger partial charge in [-0.25, -0.2) is 4.98 Å². The Bertz CT molecular complexity index is 628. The molecule has 0 saturated carbocycles. The quantitative estimate of drug-likeness (QED) is 0.619. The molecule has 0 bridgehead atoms. The molecule has 1 atom stereocenters. The van der Waals surface area contributed by atoms with Crippen LogP contribution in [0.5, 0.6) is 0 Å². The van der Waals surface area contributed by atoms with Crippen LogP contribution < -0.4 is 0 Å². The van der Waals surface area contributed by atoms with Gasteiger partial charge in [-0.1, -0.05) is 0 Å². The summed E-state index contributed by atoms with van der Waals surface area (Å²) in [4.78, 5) is 16.5. The maximum absolute atomic E-state index is 12.1. The monoisotopic (exact) mass is 310 g/mol. The molecule has 5 heteroatoms. The van der Waals surface area contributed by atoms with Crippen molar-refractivity contribution in [3.63, 3.8) is 0 Å². The molecule has 0 fully saturated rings. The second-order valence-corrected chi connectivity index (χ2v) is 6.74. The molecule has 0 radical (unpaired) electrons. The van der Waals surface area contributed by atoms with E-state index in [1.165, 1.54) is 0 Å². The third-order valence-corrected chi connectivity index (χ3v) is 4.48. The van der Waals surface area contributed by atoms with E-state index in [9.17, 15) is 4.79 Å². The number of carbonyl (C=O) groups is 1. The van der Waals surface area contributed by atoms with Gasteiger partial charge in [0.1, 0.15) is 0 Å². The largest absolute Gasteiger partial charge is 0.348 e. The Hall–Kier alpha value is -1.13. The van der Waals surface area contributed by atoms with Crippen LogP contribution in [-0.4, -0.2) is 20.7 Å². The average molecular weight is 311 g/mol. The number of halogens is 1. The zero-order valence-electron chi connectivity index (χ0n) is 12.2. The molecule has 3 nitrogen and oxygen atoms in total. The standard InChI is InChI=1S/C15H19ClN2OS/c1-9-7-14(15(19)10(2)16)11(3)18(9)6-5-13-8-20-12(4)17-13/h7-8,10H,5-6H2,1-4H3. The molecular weight excluding hydrogens is 292 g/mol.